The Labute approximate surface area is 181 Å². The summed E-state index contributed by atoms with van der Waals surface area (Å²) in [5.74, 6) is 1.16. The molecule has 0 saturated heterocycles. The molecule has 0 bridgehead atoms. The van der Waals surface area contributed by atoms with E-state index in [1.165, 1.54) is 30.6 Å². The van der Waals surface area contributed by atoms with Gasteiger partial charge >= 0.3 is 0 Å². The van der Waals surface area contributed by atoms with Crippen LogP contribution in [0.25, 0.3) is 10.6 Å². The molecular formula is C22H29N3O4S. The molecule has 1 aromatic heterocycles. The summed E-state index contributed by atoms with van der Waals surface area (Å²) in [5.41, 5.74) is 1.61. The van der Waals surface area contributed by atoms with Crippen LogP contribution in [0.4, 0.5) is 0 Å². The van der Waals surface area contributed by atoms with E-state index in [0.717, 1.165) is 23.4 Å². The number of ether oxygens (including phenoxy) is 2. The molecule has 1 heterocycles. The molecule has 1 aromatic carbocycles. The van der Waals surface area contributed by atoms with Gasteiger partial charge in [-0.05, 0) is 31.0 Å². The van der Waals surface area contributed by atoms with Crippen molar-refractivity contribution >= 4 is 23.2 Å². The van der Waals surface area contributed by atoms with Crippen LogP contribution in [0.3, 0.4) is 0 Å². The molecule has 30 heavy (non-hydrogen) atoms. The SMILES string of the molecule is COc1ccc(-c2nc(CC(=O)NCCC(=O)NC3CCCCC3)cs2)cc1OC. The first kappa shape index (κ1) is 22.1. The molecule has 0 spiro atoms. The highest BCUT2D eigenvalue weighted by atomic mass is 32.1. The van der Waals surface area contributed by atoms with Gasteiger partial charge in [-0.3, -0.25) is 9.59 Å². The molecule has 1 aliphatic carbocycles. The second-order valence-electron chi connectivity index (χ2n) is 7.39. The van der Waals surface area contributed by atoms with E-state index in [1.54, 1.807) is 14.2 Å². The Hall–Kier alpha value is -2.61. The fraction of sp³-hybridized carbons (Fsp3) is 0.500. The van der Waals surface area contributed by atoms with Crippen LogP contribution in [0, 0.1) is 0 Å². The van der Waals surface area contributed by atoms with Gasteiger partial charge in [-0.25, -0.2) is 4.98 Å². The Bertz CT molecular complexity index is 862. The normalized spacial score (nSPS) is 14.2. The number of methoxy groups -OCH3 is 2. The lowest BCUT2D eigenvalue weighted by atomic mass is 9.95. The molecule has 0 atom stereocenters. The number of benzene rings is 1. The summed E-state index contributed by atoms with van der Waals surface area (Å²) in [6, 6.07) is 5.91. The Kier molecular flexibility index (Phi) is 8.07. The van der Waals surface area contributed by atoms with Gasteiger partial charge in [-0.2, -0.15) is 0 Å². The average Bonchev–Trinajstić information content (AvgIpc) is 3.22. The van der Waals surface area contributed by atoms with E-state index in [1.807, 2.05) is 23.6 Å². The molecule has 1 aliphatic rings. The number of aromatic nitrogens is 1. The predicted molar refractivity (Wildman–Crippen MR) is 117 cm³/mol. The van der Waals surface area contributed by atoms with Crippen molar-refractivity contribution in [3.8, 4) is 22.1 Å². The number of hydrogen-bond acceptors (Lipinski definition) is 6. The molecule has 3 rings (SSSR count). The smallest absolute Gasteiger partial charge is 0.226 e. The second-order valence-corrected chi connectivity index (χ2v) is 8.25. The lowest BCUT2D eigenvalue weighted by Gasteiger charge is -2.22. The summed E-state index contributed by atoms with van der Waals surface area (Å²) in [6.45, 7) is 0.337. The van der Waals surface area contributed by atoms with Crippen molar-refractivity contribution in [1.82, 2.24) is 15.6 Å². The first-order valence-corrected chi connectivity index (χ1v) is 11.2. The zero-order valence-corrected chi connectivity index (χ0v) is 18.3. The summed E-state index contributed by atoms with van der Waals surface area (Å²) in [5, 5.41) is 8.56. The highest BCUT2D eigenvalue weighted by Crippen LogP contribution is 2.33. The molecule has 0 aliphatic heterocycles. The third-order valence-electron chi connectivity index (χ3n) is 5.17. The average molecular weight is 432 g/mol. The van der Waals surface area contributed by atoms with Crippen molar-refractivity contribution in [3.05, 3.63) is 29.3 Å². The van der Waals surface area contributed by atoms with Crippen LogP contribution in [-0.4, -0.2) is 43.6 Å². The predicted octanol–water partition coefficient (Wildman–Crippen LogP) is 3.33. The molecule has 8 heteroatoms. The molecule has 162 valence electrons. The number of thiazole rings is 1. The summed E-state index contributed by atoms with van der Waals surface area (Å²) >= 11 is 1.47. The molecule has 0 unspecified atom stereocenters. The summed E-state index contributed by atoms with van der Waals surface area (Å²) in [7, 11) is 3.19. The maximum Gasteiger partial charge on any atom is 0.226 e. The molecule has 0 radical (unpaired) electrons. The Morgan fingerprint density at radius 1 is 1.10 bits per heavy atom. The fourth-order valence-electron chi connectivity index (χ4n) is 3.58. The summed E-state index contributed by atoms with van der Waals surface area (Å²) < 4.78 is 10.6. The van der Waals surface area contributed by atoms with Gasteiger partial charge in [0.15, 0.2) is 11.5 Å². The number of nitrogens with zero attached hydrogens (tertiary/aromatic N) is 1. The Morgan fingerprint density at radius 2 is 1.87 bits per heavy atom. The Morgan fingerprint density at radius 3 is 2.60 bits per heavy atom. The second kappa shape index (κ2) is 11.0. The van der Waals surface area contributed by atoms with Crippen molar-refractivity contribution in [3.63, 3.8) is 0 Å². The number of carbonyl (C=O) groups is 2. The van der Waals surface area contributed by atoms with Crippen LogP contribution >= 0.6 is 11.3 Å². The van der Waals surface area contributed by atoms with Crippen LogP contribution < -0.4 is 20.1 Å². The molecular weight excluding hydrogens is 402 g/mol. The fourth-order valence-corrected chi connectivity index (χ4v) is 4.40. The Balaban J connectivity index is 1.45. The zero-order valence-electron chi connectivity index (χ0n) is 17.5. The van der Waals surface area contributed by atoms with E-state index < -0.39 is 0 Å². The molecule has 2 amide bonds. The van der Waals surface area contributed by atoms with E-state index in [0.29, 0.717) is 36.2 Å². The van der Waals surface area contributed by atoms with Gasteiger partial charge in [0.2, 0.25) is 11.8 Å². The molecule has 2 aromatic rings. The van der Waals surface area contributed by atoms with Crippen molar-refractivity contribution in [2.45, 2.75) is 51.0 Å². The van der Waals surface area contributed by atoms with Gasteiger partial charge in [-0.1, -0.05) is 19.3 Å². The molecule has 1 saturated carbocycles. The number of rotatable bonds is 9. The van der Waals surface area contributed by atoms with E-state index in [9.17, 15) is 9.59 Å². The van der Waals surface area contributed by atoms with Crippen LogP contribution in [0.15, 0.2) is 23.6 Å². The maximum atomic E-state index is 12.2. The topological polar surface area (TPSA) is 89.5 Å². The minimum absolute atomic E-state index is 0.00611. The highest BCUT2D eigenvalue weighted by molar-refractivity contribution is 7.13. The van der Waals surface area contributed by atoms with Crippen LogP contribution in [0.1, 0.15) is 44.2 Å². The van der Waals surface area contributed by atoms with Crippen LogP contribution in [-0.2, 0) is 16.0 Å². The number of amides is 2. The van der Waals surface area contributed by atoms with E-state index in [4.69, 9.17) is 9.47 Å². The number of carbonyl (C=O) groups excluding carboxylic acids is 2. The minimum atomic E-state index is -0.135. The minimum Gasteiger partial charge on any atom is -0.493 e. The number of nitrogens with one attached hydrogen (secondary N) is 2. The van der Waals surface area contributed by atoms with Gasteiger partial charge in [0, 0.05) is 30.0 Å². The monoisotopic (exact) mass is 431 g/mol. The van der Waals surface area contributed by atoms with Gasteiger partial charge in [-0.15, -0.1) is 11.3 Å². The standard InChI is InChI=1S/C22H29N3O4S/c1-28-18-9-8-15(12-19(18)29-2)22-25-17(14-30-22)13-21(27)23-11-10-20(26)24-16-6-4-3-5-7-16/h8-9,12,14,16H,3-7,10-11,13H2,1-2H3,(H,23,27)(H,24,26). The van der Waals surface area contributed by atoms with Gasteiger partial charge in [0.05, 0.1) is 26.3 Å². The van der Waals surface area contributed by atoms with Crippen LogP contribution in [0.5, 0.6) is 11.5 Å². The van der Waals surface area contributed by atoms with E-state index in [2.05, 4.69) is 15.6 Å². The summed E-state index contributed by atoms with van der Waals surface area (Å²) in [4.78, 5) is 28.8. The van der Waals surface area contributed by atoms with Gasteiger partial charge in [0.25, 0.3) is 0 Å². The first-order valence-electron chi connectivity index (χ1n) is 10.3. The highest BCUT2D eigenvalue weighted by Gasteiger charge is 2.16. The largest absolute Gasteiger partial charge is 0.493 e. The van der Waals surface area contributed by atoms with Gasteiger partial charge < -0.3 is 20.1 Å². The van der Waals surface area contributed by atoms with Gasteiger partial charge in [0.1, 0.15) is 5.01 Å². The third kappa shape index (κ3) is 6.19. The van der Waals surface area contributed by atoms with Crippen molar-refractivity contribution in [1.29, 1.82) is 0 Å². The summed E-state index contributed by atoms with van der Waals surface area (Å²) in [6.07, 6.45) is 6.23. The molecule has 1 fully saturated rings. The van der Waals surface area contributed by atoms with E-state index in [-0.39, 0.29) is 18.2 Å². The maximum absolute atomic E-state index is 12.2. The van der Waals surface area contributed by atoms with Crippen molar-refractivity contribution in [2.24, 2.45) is 0 Å². The van der Waals surface area contributed by atoms with E-state index >= 15 is 0 Å². The first-order chi connectivity index (χ1) is 14.6. The lowest BCUT2D eigenvalue weighted by Crippen LogP contribution is -2.38. The zero-order chi connectivity index (χ0) is 21.3. The van der Waals surface area contributed by atoms with Crippen molar-refractivity contribution in [2.75, 3.05) is 20.8 Å². The lowest BCUT2D eigenvalue weighted by molar-refractivity contribution is -0.122. The molecule has 2 N–H and O–H groups in total. The quantitative estimate of drug-likeness (QED) is 0.636. The number of hydrogen-bond donors (Lipinski definition) is 2. The molecule has 7 nitrogen and oxygen atoms in total. The van der Waals surface area contributed by atoms with Crippen molar-refractivity contribution < 1.29 is 19.1 Å². The van der Waals surface area contributed by atoms with Crippen LogP contribution in [0.2, 0.25) is 0 Å². The third-order valence-corrected chi connectivity index (χ3v) is 6.11.